The van der Waals surface area contributed by atoms with Crippen LogP contribution in [0, 0.1) is 0 Å². The Labute approximate surface area is 115 Å². The molecule has 2 aromatic rings. The fourth-order valence-electron chi connectivity index (χ4n) is 1.64. The van der Waals surface area contributed by atoms with Gasteiger partial charge in [0.05, 0.1) is 6.61 Å². The van der Waals surface area contributed by atoms with E-state index in [4.69, 9.17) is 13.9 Å². The van der Waals surface area contributed by atoms with Crippen LogP contribution in [0.15, 0.2) is 35.1 Å². The number of oxazole rings is 1. The molecular weight excluding hydrogens is 262 g/mol. The minimum absolute atomic E-state index is 0.138. The largest absolute Gasteiger partial charge is 0.489 e. The van der Waals surface area contributed by atoms with Crippen molar-refractivity contribution in [3.63, 3.8) is 0 Å². The lowest BCUT2D eigenvalue weighted by atomic mass is 10.2. The van der Waals surface area contributed by atoms with E-state index < -0.39 is 5.97 Å². The molecule has 1 heterocycles. The van der Waals surface area contributed by atoms with Gasteiger partial charge in [0, 0.05) is 6.08 Å². The Morgan fingerprint density at radius 1 is 1.45 bits per heavy atom. The van der Waals surface area contributed by atoms with Gasteiger partial charge < -0.3 is 13.9 Å². The molecule has 1 aromatic carbocycles. The maximum Gasteiger partial charge on any atom is 0.330 e. The third-order valence-electron chi connectivity index (χ3n) is 2.49. The van der Waals surface area contributed by atoms with Crippen LogP contribution in [0.2, 0.25) is 0 Å². The highest BCUT2D eigenvalue weighted by atomic mass is 16.5. The van der Waals surface area contributed by atoms with Crippen LogP contribution < -0.4 is 4.74 Å². The molecule has 0 bridgehead atoms. The van der Waals surface area contributed by atoms with Crippen LogP contribution in [0.5, 0.6) is 5.75 Å². The molecule has 0 amide bonds. The van der Waals surface area contributed by atoms with Gasteiger partial charge in [-0.15, -0.1) is 0 Å². The van der Waals surface area contributed by atoms with Crippen molar-refractivity contribution < 1.29 is 23.5 Å². The van der Waals surface area contributed by atoms with E-state index in [1.54, 1.807) is 19.1 Å². The zero-order valence-electron chi connectivity index (χ0n) is 10.9. The summed E-state index contributed by atoms with van der Waals surface area (Å²) in [5.74, 6) is -0.0600. The minimum Gasteiger partial charge on any atom is -0.489 e. The molecule has 0 atom stereocenters. The number of esters is 1. The number of nitrogens with zero attached hydrogens (tertiary/aromatic N) is 1. The lowest BCUT2D eigenvalue weighted by molar-refractivity contribution is -0.137. The Balaban J connectivity index is 2.06. The average molecular weight is 275 g/mol. The van der Waals surface area contributed by atoms with Crippen molar-refractivity contribution in [3.05, 3.63) is 36.2 Å². The van der Waals surface area contributed by atoms with Gasteiger partial charge in [-0.05, 0) is 25.1 Å². The maximum atomic E-state index is 11.1. The molecule has 0 unspecified atom stereocenters. The van der Waals surface area contributed by atoms with Gasteiger partial charge in [-0.1, -0.05) is 0 Å². The standard InChI is InChI=1S/C14H13NO5/c1-2-18-13(17)4-3-7-19-12-6-5-11-14(10(12)8-16)20-9-15-11/h3-6,8-9H,2,7H2,1H3. The molecule has 104 valence electrons. The van der Waals surface area contributed by atoms with Gasteiger partial charge in [-0.3, -0.25) is 4.79 Å². The number of hydrogen-bond donors (Lipinski definition) is 0. The van der Waals surface area contributed by atoms with E-state index in [0.717, 1.165) is 0 Å². The molecule has 0 fully saturated rings. The highest BCUT2D eigenvalue weighted by Crippen LogP contribution is 2.25. The lowest BCUT2D eigenvalue weighted by Gasteiger charge is -2.05. The highest BCUT2D eigenvalue weighted by Gasteiger charge is 2.11. The first-order valence-electron chi connectivity index (χ1n) is 6.03. The Morgan fingerprint density at radius 3 is 3.05 bits per heavy atom. The number of ether oxygens (including phenoxy) is 2. The average Bonchev–Trinajstić information content (AvgIpc) is 2.91. The summed E-state index contributed by atoms with van der Waals surface area (Å²) in [6.07, 6.45) is 4.70. The summed E-state index contributed by atoms with van der Waals surface area (Å²) in [5, 5.41) is 0. The Morgan fingerprint density at radius 2 is 2.30 bits per heavy atom. The van der Waals surface area contributed by atoms with Crippen molar-refractivity contribution in [1.29, 1.82) is 0 Å². The predicted octanol–water partition coefficient (Wildman–Crippen LogP) is 2.14. The lowest BCUT2D eigenvalue weighted by Crippen LogP contribution is -2.02. The second-order valence-electron chi connectivity index (χ2n) is 3.76. The maximum absolute atomic E-state index is 11.1. The fourth-order valence-corrected chi connectivity index (χ4v) is 1.64. The van der Waals surface area contributed by atoms with Crippen LogP contribution in [-0.2, 0) is 9.53 Å². The molecule has 0 saturated heterocycles. The van der Waals surface area contributed by atoms with Gasteiger partial charge in [0.2, 0.25) is 0 Å². The molecule has 6 heteroatoms. The van der Waals surface area contributed by atoms with Crippen molar-refractivity contribution in [1.82, 2.24) is 4.98 Å². The molecule has 1 aromatic heterocycles. The number of aromatic nitrogens is 1. The molecule has 0 aliphatic heterocycles. The number of carbonyl (C=O) groups excluding carboxylic acids is 2. The number of rotatable bonds is 6. The summed E-state index contributed by atoms with van der Waals surface area (Å²) >= 11 is 0. The van der Waals surface area contributed by atoms with Crippen LogP contribution in [-0.4, -0.2) is 30.5 Å². The van der Waals surface area contributed by atoms with E-state index in [1.807, 2.05) is 0 Å². The van der Waals surface area contributed by atoms with Crippen molar-refractivity contribution in [2.45, 2.75) is 6.92 Å². The first kappa shape index (κ1) is 13.8. The Hall–Kier alpha value is -2.63. The number of fused-ring (bicyclic) bond motifs is 1. The normalized spacial score (nSPS) is 10.8. The molecule has 0 aliphatic carbocycles. The SMILES string of the molecule is CCOC(=O)C=CCOc1ccc2ncoc2c1C=O. The van der Waals surface area contributed by atoms with Crippen LogP contribution in [0.1, 0.15) is 17.3 Å². The molecular formula is C14H13NO5. The van der Waals surface area contributed by atoms with E-state index in [2.05, 4.69) is 4.98 Å². The van der Waals surface area contributed by atoms with E-state index in [-0.39, 0.29) is 6.61 Å². The topological polar surface area (TPSA) is 78.6 Å². The smallest absolute Gasteiger partial charge is 0.330 e. The number of aldehydes is 1. The highest BCUT2D eigenvalue weighted by molar-refractivity contribution is 5.96. The van der Waals surface area contributed by atoms with Crippen molar-refractivity contribution in [3.8, 4) is 5.75 Å². The summed E-state index contributed by atoms with van der Waals surface area (Å²) in [7, 11) is 0. The zero-order chi connectivity index (χ0) is 14.4. The first-order valence-corrected chi connectivity index (χ1v) is 6.03. The molecule has 0 aliphatic rings. The molecule has 6 nitrogen and oxygen atoms in total. The minimum atomic E-state index is -0.433. The van der Waals surface area contributed by atoms with Gasteiger partial charge in [0.15, 0.2) is 18.3 Å². The number of benzene rings is 1. The third-order valence-corrected chi connectivity index (χ3v) is 2.49. The third kappa shape index (κ3) is 3.03. The monoisotopic (exact) mass is 275 g/mol. The van der Waals surface area contributed by atoms with Gasteiger partial charge in [-0.25, -0.2) is 9.78 Å². The number of carbonyl (C=O) groups is 2. The van der Waals surface area contributed by atoms with Crippen LogP contribution in [0.4, 0.5) is 0 Å². The molecule has 0 radical (unpaired) electrons. The molecule has 0 saturated carbocycles. The Kier molecular flexibility index (Phi) is 4.49. The summed E-state index contributed by atoms with van der Waals surface area (Å²) in [6, 6.07) is 3.32. The quantitative estimate of drug-likeness (QED) is 0.456. The van der Waals surface area contributed by atoms with Gasteiger partial charge >= 0.3 is 5.97 Å². The summed E-state index contributed by atoms with van der Waals surface area (Å²) in [6.45, 7) is 2.19. The fraction of sp³-hybridized carbons (Fsp3) is 0.214. The molecule has 0 N–H and O–H groups in total. The molecule has 0 spiro atoms. The first-order chi connectivity index (χ1) is 9.76. The van der Waals surface area contributed by atoms with E-state index in [9.17, 15) is 9.59 Å². The number of hydrogen-bond acceptors (Lipinski definition) is 6. The van der Waals surface area contributed by atoms with Gasteiger partial charge in [0.1, 0.15) is 23.4 Å². The van der Waals surface area contributed by atoms with Crippen LogP contribution >= 0.6 is 0 Å². The van der Waals surface area contributed by atoms with E-state index >= 15 is 0 Å². The molecule has 2 rings (SSSR count). The second kappa shape index (κ2) is 6.51. The summed E-state index contributed by atoms with van der Waals surface area (Å²) in [4.78, 5) is 26.1. The van der Waals surface area contributed by atoms with E-state index in [0.29, 0.717) is 35.3 Å². The summed E-state index contributed by atoms with van der Waals surface area (Å²) in [5.41, 5.74) is 1.26. The predicted molar refractivity (Wildman–Crippen MR) is 70.7 cm³/mol. The van der Waals surface area contributed by atoms with Crippen molar-refractivity contribution in [2.75, 3.05) is 13.2 Å². The van der Waals surface area contributed by atoms with Crippen LogP contribution in [0.3, 0.4) is 0 Å². The van der Waals surface area contributed by atoms with Gasteiger partial charge in [-0.2, -0.15) is 0 Å². The Bertz CT molecular complexity index is 644. The second-order valence-corrected chi connectivity index (χ2v) is 3.76. The van der Waals surface area contributed by atoms with Crippen molar-refractivity contribution in [2.24, 2.45) is 0 Å². The summed E-state index contributed by atoms with van der Waals surface area (Å²) < 4.78 is 15.3. The van der Waals surface area contributed by atoms with Gasteiger partial charge in [0.25, 0.3) is 0 Å². The van der Waals surface area contributed by atoms with E-state index in [1.165, 1.54) is 18.5 Å². The van der Waals surface area contributed by atoms with Crippen LogP contribution in [0.25, 0.3) is 11.1 Å². The zero-order valence-corrected chi connectivity index (χ0v) is 10.9. The van der Waals surface area contributed by atoms with Crippen molar-refractivity contribution >= 4 is 23.4 Å². The molecule has 20 heavy (non-hydrogen) atoms.